The monoisotopic (exact) mass is 386 g/mol. The molecule has 0 aromatic heterocycles. The summed E-state index contributed by atoms with van der Waals surface area (Å²) in [6.07, 6.45) is 5.56. The molecule has 4 atom stereocenters. The highest BCUT2D eigenvalue weighted by molar-refractivity contribution is 6.07. The Morgan fingerprint density at radius 1 is 0.966 bits per heavy atom. The van der Waals surface area contributed by atoms with Crippen LogP contribution in [0.25, 0.3) is 21.5 Å². The Bertz CT molecular complexity index is 1180. The molecule has 1 saturated carbocycles. The molecule has 0 saturated heterocycles. The Morgan fingerprint density at radius 3 is 2.45 bits per heavy atom. The lowest BCUT2D eigenvalue weighted by Crippen LogP contribution is -2.35. The van der Waals surface area contributed by atoms with Gasteiger partial charge in [-0.1, -0.05) is 61.5 Å². The first kappa shape index (κ1) is 17.9. The maximum Gasteiger partial charge on any atom is 0.315 e. The van der Waals surface area contributed by atoms with Gasteiger partial charge in [0.05, 0.1) is 11.8 Å². The summed E-state index contributed by atoms with van der Waals surface area (Å²) in [5.41, 5.74) is 1.22. The minimum atomic E-state index is -0.917. The highest BCUT2D eigenvalue weighted by atomic mass is 16.5. The zero-order valence-electron chi connectivity index (χ0n) is 16.2. The van der Waals surface area contributed by atoms with Crippen molar-refractivity contribution in [2.75, 3.05) is 0 Å². The van der Waals surface area contributed by atoms with Gasteiger partial charge >= 0.3 is 11.9 Å². The highest BCUT2D eigenvalue weighted by Crippen LogP contribution is 2.49. The van der Waals surface area contributed by atoms with Crippen molar-refractivity contribution in [2.24, 2.45) is 23.7 Å². The summed E-state index contributed by atoms with van der Waals surface area (Å²) in [5.74, 6) is -2.29. The molecule has 0 spiro atoms. The van der Waals surface area contributed by atoms with Crippen LogP contribution in [0.2, 0.25) is 0 Å². The molecule has 0 amide bonds. The van der Waals surface area contributed by atoms with E-state index in [0.29, 0.717) is 12.2 Å². The molecule has 1 fully saturated rings. The smallest absolute Gasteiger partial charge is 0.315 e. The van der Waals surface area contributed by atoms with E-state index in [9.17, 15) is 14.7 Å². The van der Waals surface area contributed by atoms with Crippen LogP contribution >= 0.6 is 0 Å². The molecule has 4 nitrogen and oxygen atoms in total. The molecule has 4 unspecified atom stereocenters. The summed E-state index contributed by atoms with van der Waals surface area (Å²) < 4.78 is 6.00. The number of carbonyl (C=O) groups is 2. The molecular formula is C25H22O4. The van der Waals surface area contributed by atoms with Crippen molar-refractivity contribution in [1.82, 2.24) is 0 Å². The minimum absolute atomic E-state index is 0.0541. The number of rotatable bonds is 4. The second kappa shape index (κ2) is 6.73. The number of hydrogen-bond acceptors (Lipinski definition) is 3. The second-order valence-corrected chi connectivity index (χ2v) is 8.10. The van der Waals surface area contributed by atoms with Gasteiger partial charge in [-0.3, -0.25) is 9.59 Å². The Kier molecular flexibility index (Phi) is 4.16. The fourth-order valence-electron chi connectivity index (χ4n) is 5.06. The maximum absolute atomic E-state index is 13.2. The van der Waals surface area contributed by atoms with Crippen LogP contribution in [0.4, 0.5) is 0 Å². The van der Waals surface area contributed by atoms with E-state index < -0.39 is 23.8 Å². The predicted molar refractivity (Wildman–Crippen MR) is 112 cm³/mol. The van der Waals surface area contributed by atoms with Crippen LogP contribution in [0.3, 0.4) is 0 Å². The van der Waals surface area contributed by atoms with E-state index in [2.05, 4.69) is 25.1 Å². The number of carbonyl (C=O) groups excluding carboxylic acids is 1. The average molecular weight is 386 g/mol. The Labute approximate surface area is 168 Å². The molecule has 146 valence electrons. The molecule has 2 bridgehead atoms. The van der Waals surface area contributed by atoms with Crippen LogP contribution in [0.15, 0.2) is 60.7 Å². The highest BCUT2D eigenvalue weighted by Gasteiger charge is 2.52. The molecule has 5 rings (SSSR count). The number of allylic oxidation sites excluding steroid dienone is 2. The third-order valence-electron chi connectivity index (χ3n) is 6.50. The Hall–Kier alpha value is -3.14. The lowest BCUT2D eigenvalue weighted by atomic mass is 9.83. The Balaban J connectivity index is 1.61. The van der Waals surface area contributed by atoms with Crippen molar-refractivity contribution in [3.63, 3.8) is 0 Å². The number of hydrogen-bond donors (Lipinski definition) is 1. The van der Waals surface area contributed by atoms with E-state index in [1.165, 1.54) is 5.56 Å². The van der Waals surface area contributed by atoms with Crippen molar-refractivity contribution < 1.29 is 19.4 Å². The van der Waals surface area contributed by atoms with E-state index in [1.54, 1.807) is 0 Å². The van der Waals surface area contributed by atoms with E-state index in [-0.39, 0.29) is 11.8 Å². The van der Waals surface area contributed by atoms with Gasteiger partial charge in [-0.2, -0.15) is 0 Å². The fourth-order valence-corrected chi connectivity index (χ4v) is 5.06. The predicted octanol–water partition coefficient (Wildman–Crippen LogP) is 4.98. The van der Waals surface area contributed by atoms with E-state index in [0.717, 1.165) is 28.0 Å². The molecule has 0 aliphatic heterocycles. The topological polar surface area (TPSA) is 63.6 Å². The van der Waals surface area contributed by atoms with Crippen LogP contribution in [0.5, 0.6) is 5.75 Å². The van der Waals surface area contributed by atoms with Gasteiger partial charge in [0.15, 0.2) is 0 Å². The van der Waals surface area contributed by atoms with Crippen molar-refractivity contribution in [1.29, 1.82) is 0 Å². The number of benzene rings is 3. The fraction of sp³-hybridized carbons (Fsp3) is 0.280. The number of aryl methyl sites for hydroxylation is 1. The molecule has 3 aromatic rings. The molecule has 2 aliphatic carbocycles. The van der Waals surface area contributed by atoms with Gasteiger partial charge < -0.3 is 9.84 Å². The maximum atomic E-state index is 13.2. The first-order valence-electron chi connectivity index (χ1n) is 10.1. The number of esters is 1. The number of carboxylic acids is 1. The zero-order valence-corrected chi connectivity index (χ0v) is 16.2. The van der Waals surface area contributed by atoms with Gasteiger partial charge in [0, 0.05) is 10.8 Å². The minimum Gasteiger partial charge on any atom is -0.481 e. The van der Waals surface area contributed by atoms with Gasteiger partial charge in [0.25, 0.3) is 0 Å². The molecule has 0 heterocycles. The van der Waals surface area contributed by atoms with Crippen molar-refractivity contribution in [2.45, 2.75) is 19.8 Å². The van der Waals surface area contributed by atoms with Gasteiger partial charge in [-0.05, 0) is 47.1 Å². The Morgan fingerprint density at radius 2 is 1.69 bits per heavy atom. The van der Waals surface area contributed by atoms with E-state index in [1.807, 2.05) is 42.5 Å². The van der Waals surface area contributed by atoms with Crippen LogP contribution in [-0.4, -0.2) is 17.0 Å². The van der Waals surface area contributed by atoms with Crippen LogP contribution in [0.1, 0.15) is 18.9 Å². The van der Waals surface area contributed by atoms with Gasteiger partial charge in [0.2, 0.25) is 0 Å². The standard InChI is InChI=1S/C25H22O4/c1-2-14-7-10-20-18(11-14)12-15-5-3-4-6-19(15)23(20)29-25(28)22-17-9-8-16(13-17)21(22)24(26)27/h3-12,16-17,21-22H,2,13H2,1H3,(H,26,27). The average Bonchev–Trinajstić information content (AvgIpc) is 3.34. The molecule has 29 heavy (non-hydrogen) atoms. The first-order valence-corrected chi connectivity index (χ1v) is 10.1. The summed E-state index contributed by atoms with van der Waals surface area (Å²) >= 11 is 0. The zero-order chi connectivity index (χ0) is 20.1. The number of carboxylic acid groups (broad SMARTS) is 1. The van der Waals surface area contributed by atoms with E-state index >= 15 is 0 Å². The molecular weight excluding hydrogens is 364 g/mol. The third kappa shape index (κ3) is 2.82. The van der Waals surface area contributed by atoms with Crippen LogP contribution < -0.4 is 4.74 Å². The summed E-state index contributed by atoms with van der Waals surface area (Å²) in [5, 5.41) is 13.4. The van der Waals surface area contributed by atoms with Crippen molar-refractivity contribution >= 4 is 33.5 Å². The van der Waals surface area contributed by atoms with Gasteiger partial charge in [-0.25, -0.2) is 0 Å². The third-order valence-corrected chi connectivity index (χ3v) is 6.50. The SMILES string of the molecule is CCc1ccc2c(OC(=O)C3C4C=CC(C4)C3C(=O)O)c3ccccc3cc2c1. The summed E-state index contributed by atoms with van der Waals surface area (Å²) in [6, 6.07) is 16.1. The lowest BCUT2D eigenvalue weighted by Gasteiger charge is -2.23. The molecule has 0 radical (unpaired) electrons. The number of fused-ring (bicyclic) bond motifs is 4. The first-order chi connectivity index (χ1) is 14.1. The molecule has 4 heteroatoms. The summed E-state index contributed by atoms with van der Waals surface area (Å²) in [6.45, 7) is 2.11. The largest absolute Gasteiger partial charge is 0.481 e. The van der Waals surface area contributed by atoms with Crippen molar-refractivity contribution in [3.8, 4) is 5.75 Å². The molecule has 1 N–H and O–H groups in total. The molecule has 3 aromatic carbocycles. The lowest BCUT2D eigenvalue weighted by molar-refractivity contribution is -0.152. The van der Waals surface area contributed by atoms with Crippen LogP contribution in [0, 0.1) is 23.7 Å². The molecule has 2 aliphatic rings. The second-order valence-electron chi connectivity index (χ2n) is 8.10. The van der Waals surface area contributed by atoms with Crippen molar-refractivity contribution in [3.05, 3.63) is 66.2 Å². The van der Waals surface area contributed by atoms with Crippen LogP contribution in [-0.2, 0) is 16.0 Å². The van der Waals surface area contributed by atoms with Gasteiger partial charge in [0.1, 0.15) is 5.75 Å². The summed E-state index contributed by atoms with van der Waals surface area (Å²) in [7, 11) is 0. The number of ether oxygens (including phenoxy) is 1. The summed E-state index contributed by atoms with van der Waals surface area (Å²) in [4.78, 5) is 25.0. The number of aliphatic carboxylic acids is 1. The van der Waals surface area contributed by atoms with E-state index in [4.69, 9.17) is 4.74 Å². The quantitative estimate of drug-likeness (QED) is 0.297. The normalized spacial score (nSPS) is 25.0. The van der Waals surface area contributed by atoms with Gasteiger partial charge in [-0.15, -0.1) is 0 Å².